The summed E-state index contributed by atoms with van der Waals surface area (Å²) in [4.78, 5) is 19.9. The minimum absolute atomic E-state index is 0.0863. The lowest BCUT2D eigenvalue weighted by molar-refractivity contribution is 0.0943. The lowest BCUT2D eigenvalue weighted by Crippen LogP contribution is -2.26. The Morgan fingerprint density at radius 2 is 1.92 bits per heavy atom. The Kier molecular flexibility index (Phi) is 5.74. The molecule has 3 aromatic rings. The van der Waals surface area contributed by atoms with Gasteiger partial charge < -0.3 is 10.2 Å². The van der Waals surface area contributed by atoms with Gasteiger partial charge in [0.05, 0.1) is 11.7 Å². The van der Waals surface area contributed by atoms with E-state index in [9.17, 15) is 4.79 Å². The molecule has 1 amide bonds. The van der Waals surface area contributed by atoms with E-state index in [1.165, 1.54) is 11.3 Å². The van der Waals surface area contributed by atoms with Crippen molar-refractivity contribution >= 4 is 44.0 Å². The number of nitrogens with zero attached hydrogens (tertiary/aromatic N) is 2. The predicted octanol–water partition coefficient (Wildman–Crippen LogP) is 5.47. The molecule has 0 saturated carbocycles. The van der Waals surface area contributed by atoms with Crippen LogP contribution in [-0.2, 0) is 0 Å². The summed E-state index contributed by atoms with van der Waals surface area (Å²) in [6.07, 6.45) is 0. The van der Waals surface area contributed by atoms with Crippen LogP contribution in [0.15, 0.2) is 59.1 Å². The van der Waals surface area contributed by atoms with Crippen LogP contribution in [0.25, 0.3) is 0 Å². The van der Waals surface area contributed by atoms with Gasteiger partial charge in [0.15, 0.2) is 5.13 Å². The molecule has 1 atom stereocenters. The molecule has 6 heteroatoms. The molecule has 1 aromatic heterocycles. The van der Waals surface area contributed by atoms with Gasteiger partial charge in [-0.05, 0) is 43.7 Å². The quantitative estimate of drug-likeness (QED) is 0.584. The van der Waals surface area contributed by atoms with E-state index in [-0.39, 0.29) is 11.9 Å². The smallest absolute Gasteiger partial charge is 0.263 e. The van der Waals surface area contributed by atoms with E-state index >= 15 is 0 Å². The molecule has 4 nitrogen and oxygen atoms in total. The normalized spacial score (nSPS) is 11.8. The van der Waals surface area contributed by atoms with Crippen LogP contribution in [0.2, 0.25) is 0 Å². The van der Waals surface area contributed by atoms with Gasteiger partial charge in [0, 0.05) is 17.2 Å². The Bertz CT molecular complexity index is 910. The molecule has 0 radical (unpaired) electrons. The zero-order valence-electron chi connectivity index (χ0n) is 14.9. The number of para-hydroxylation sites is 1. The molecule has 1 N–H and O–H groups in total. The zero-order valence-corrected chi connectivity index (χ0v) is 17.3. The number of nitrogens with one attached hydrogen (secondary N) is 1. The average Bonchev–Trinajstić information content (AvgIpc) is 3.03. The second kappa shape index (κ2) is 8.01. The molecule has 134 valence electrons. The van der Waals surface area contributed by atoms with E-state index in [4.69, 9.17) is 0 Å². The molecule has 26 heavy (non-hydrogen) atoms. The van der Waals surface area contributed by atoms with E-state index in [2.05, 4.69) is 26.2 Å². The van der Waals surface area contributed by atoms with Crippen LogP contribution >= 0.6 is 27.3 Å². The van der Waals surface area contributed by atoms with Gasteiger partial charge in [-0.25, -0.2) is 4.98 Å². The summed E-state index contributed by atoms with van der Waals surface area (Å²) in [5.41, 5.74) is 2.83. The van der Waals surface area contributed by atoms with Gasteiger partial charge in [0.1, 0.15) is 4.88 Å². The third-order valence-corrected chi connectivity index (χ3v) is 5.84. The Morgan fingerprint density at radius 3 is 2.62 bits per heavy atom. The molecule has 0 aliphatic heterocycles. The second-order valence-electron chi connectivity index (χ2n) is 6.06. The third-order valence-electron chi connectivity index (χ3n) is 4.12. The number of benzene rings is 2. The number of thiazole rings is 1. The monoisotopic (exact) mass is 429 g/mol. The molecular weight excluding hydrogens is 410 g/mol. The molecule has 0 saturated heterocycles. The van der Waals surface area contributed by atoms with Crippen LogP contribution in [0.3, 0.4) is 0 Å². The minimum Gasteiger partial charge on any atom is -0.345 e. The summed E-state index contributed by atoms with van der Waals surface area (Å²) in [5, 5.41) is 3.86. The van der Waals surface area contributed by atoms with Gasteiger partial charge in [-0.15, -0.1) is 0 Å². The van der Waals surface area contributed by atoms with Crippen molar-refractivity contribution in [3.05, 3.63) is 75.2 Å². The first-order valence-corrected chi connectivity index (χ1v) is 9.89. The number of aromatic nitrogens is 1. The van der Waals surface area contributed by atoms with Crippen molar-refractivity contribution in [3.8, 4) is 0 Å². The maximum atomic E-state index is 12.7. The molecular formula is C20H20BrN3OS. The SMILES string of the molecule is Cc1nc(N(C)c2ccccc2)sc1C(=O)N[C@H](C)c1cccc(Br)c1. The fraction of sp³-hybridized carbons (Fsp3) is 0.200. The highest BCUT2D eigenvalue weighted by atomic mass is 79.9. The first-order chi connectivity index (χ1) is 12.5. The number of rotatable bonds is 5. The van der Waals surface area contributed by atoms with Crippen molar-refractivity contribution in [2.45, 2.75) is 19.9 Å². The lowest BCUT2D eigenvalue weighted by Gasteiger charge is -2.15. The second-order valence-corrected chi connectivity index (χ2v) is 7.95. The Labute approximate surface area is 166 Å². The first kappa shape index (κ1) is 18.6. The van der Waals surface area contributed by atoms with Crippen molar-refractivity contribution in [3.63, 3.8) is 0 Å². The number of anilines is 2. The minimum atomic E-state index is -0.0970. The summed E-state index contributed by atoms with van der Waals surface area (Å²) in [5.74, 6) is -0.0970. The Balaban J connectivity index is 1.77. The zero-order chi connectivity index (χ0) is 18.7. The number of amides is 1. The summed E-state index contributed by atoms with van der Waals surface area (Å²) < 4.78 is 0.997. The van der Waals surface area contributed by atoms with Gasteiger partial charge in [-0.3, -0.25) is 4.79 Å². The van der Waals surface area contributed by atoms with Gasteiger partial charge in [-0.1, -0.05) is 57.6 Å². The van der Waals surface area contributed by atoms with Crippen LogP contribution in [0.4, 0.5) is 10.8 Å². The molecule has 1 heterocycles. The maximum Gasteiger partial charge on any atom is 0.263 e. The molecule has 3 rings (SSSR count). The van der Waals surface area contributed by atoms with E-state index in [1.807, 2.05) is 80.4 Å². The number of hydrogen-bond acceptors (Lipinski definition) is 4. The van der Waals surface area contributed by atoms with Crippen molar-refractivity contribution in [2.24, 2.45) is 0 Å². The van der Waals surface area contributed by atoms with Crippen LogP contribution < -0.4 is 10.2 Å². The summed E-state index contributed by atoms with van der Waals surface area (Å²) in [7, 11) is 1.96. The van der Waals surface area contributed by atoms with E-state index in [0.29, 0.717) is 4.88 Å². The maximum absolute atomic E-state index is 12.7. The molecule has 0 aliphatic carbocycles. The lowest BCUT2D eigenvalue weighted by atomic mass is 10.1. The van der Waals surface area contributed by atoms with Crippen LogP contribution in [0.1, 0.15) is 33.9 Å². The van der Waals surface area contributed by atoms with Crippen molar-refractivity contribution in [2.75, 3.05) is 11.9 Å². The number of halogens is 1. The van der Waals surface area contributed by atoms with Crippen LogP contribution in [-0.4, -0.2) is 17.9 Å². The molecule has 0 bridgehead atoms. The fourth-order valence-electron chi connectivity index (χ4n) is 2.62. The predicted molar refractivity (Wildman–Crippen MR) is 111 cm³/mol. The van der Waals surface area contributed by atoms with Gasteiger partial charge >= 0.3 is 0 Å². The van der Waals surface area contributed by atoms with Crippen molar-refractivity contribution < 1.29 is 4.79 Å². The summed E-state index contributed by atoms with van der Waals surface area (Å²) >= 11 is 4.87. The van der Waals surface area contributed by atoms with Gasteiger partial charge in [0.25, 0.3) is 5.91 Å². The molecule has 0 aliphatic rings. The fourth-order valence-corrected chi connectivity index (χ4v) is 3.99. The summed E-state index contributed by atoms with van der Waals surface area (Å²) in [6, 6.07) is 17.9. The van der Waals surface area contributed by atoms with Crippen LogP contribution in [0, 0.1) is 6.92 Å². The standard InChI is InChI=1S/C20H20BrN3OS/c1-13(15-8-7-9-16(21)12-15)22-19(25)18-14(2)23-20(26-18)24(3)17-10-5-4-6-11-17/h4-13H,1-3H3,(H,22,25)/t13-/m1/s1. The molecule has 0 fully saturated rings. The number of carbonyl (C=O) groups is 1. The molecule has 0 unspecified atom stereocenters. The van der Waals surface area contributed by atoms with E-state index < -0.39 is 0 Å². The third kappa shape index (κ3) is 4.14. The molecule has 0 spiro atoms. The topological polar surface area (TPSA) is 45.2 Å². The number of carbonyl (C=O) groups excluding carboxylic acids is 1. The van der Waals surface area contributed by atoms with Crippen molar-refractivity contribution in [1.29, 1.82) is 0 Å². The van der Waals surface area contributed by atoms with E-state index in [0.717, 1.165) is 26.5 Å². The highest BCUT2D eigenvalue weighted by Gasteiger charge is 2.20. The highest BCUT2D eigenvalue weighted by Crippen LogP contribution is 2.30. The van der Waals surface area contributed by atoms with Gasteiger partial charge in [0.2, 0.25) is 0 Å². The van der Waals surface area contributed by atoms with Crippen LogP contribution in [0.5, 0.6) is 0 Å². The molecule has 2 aromatic carbocycles. The largest absolute Gasteiger partial charge is 0.345 e. The van der Waals surface area contributed by atoms with Crippen molar-refractivity contribution in [1.82, 2.24) is 10.3 Å². The number of hydrogen-bond donors (Lipinski definition) is 1. The highest BCUT2D eigenvalue weighted by molar-refractivity contribution is 9.10. The van der Waals surface area contributed by atoms with Gasteiger partial charge in [-0.2, -0.15) is 0 Å². The first-order valence-electron chi connectivity index (χ1n) is 8.28. The Hall–Kier alpha value is -2.18. The Morgan fingerprint density at radius 1 is 1.19 bits per heavy atom. The van der Waals surface area contributed by atoms with E-state index in [1.54, 1.807) is 0 Å². The summed E-state index contributed by atoms with van der Waals surface area (Å²) in [6.45, 7) is 3.85. The number of aryl methyl sites for hydroxylation is 1. The average molecular weight is 430 g/mol.